The van der Waals surface area contributed by atoms with Crippen LogP contribution < -0.4 is 5.32 Å². The first-order chi connectivity index (χ1) is 7.59. The van der Waals surface area contributed by atoms with Gasteiger partial charge in [0.15, 0.2) is 0 Å². The minimum atomic E-state index is 0.143. The minimum Gasteiger partial charge on any atom is -0.354 e. The highest BCUT2D eigenvalue weighted by Crippen LogP contribution is 2.02. The van der Waals surface area contributed by atoms with Crippen LogP contribution in [-0.4, -0.2) is 21.5 Å². The maximum atomic E-state index is 11.3. The Kier molecular flexibility index (Phi) is 5.02. The summed E-state index contributed by atoms with van der Waals surface area (Å²) in [5.41, 5.74) is 0. The van der Waals surface area contributed by atoms with Gasteiger partial charge in [-0.2, -0.15) is 0 Å². The van der Waals surface area contributed by atoms with Crippen LogP contribution in [0, 0.1) is 13.1 Å². The van der Waals surface area contributed by atoms with E-state index in [2.05, 4.69) is 21.1 Å². The molecule has 0 atom stereocenters. The highest BCUT2D eigenvalue weighted by atomic mass is 16.1. The van der Waals surface area contributed by atoms with Gasteiger partial charge in [0, 0.05) is 25.2 Å². The van der Waals surface area contributed by atoms with Gasteiger partial charge < -0.3 is 9.88 Å². The molecular weight excluding hydrogens is 202 g/mol. The molecule has 0 aliphatic heterocycles. The van der Waals surface area contributed by atoms with Crippen LogP contribution in [0.3, 0.4) is 0 Å². The summed E-state index contributed by atoms with van der Waals surface area (Å²) >= 11 is 0. The van der Waals surface area contributed by atoms with Crippen molar-refractivity contribution in [1.82, 2.24) is 14.9 Å². The van der Waals surface area contributed by atoms with Gasteiger partial charge in [-0.05, 0) is 33.6 Å². The molecule has 0 spiro atoms. The van der Waals surface area contributed by atoms with Crippen LogP contribution in [0.15, 0.2) is 6.20 Å². The van der Waals surface area contributed by atoms with E-state index in [1.165, 1.54) is 0 Å². The van der Waals surface area contributed by atoms with E-state index < -0.39 is 0 Å². The molecule has 0 aliphatic rings. The Balaban J connectivity index is 2.13. The molecule has 16 heavy (non-hydrogen) atoms. The van der Waals surface area contributed by atoms with Gasteiger partial charge in [-0.25, -0.2) is 4.98 Å². The first-order valence-electron chi connectivity index (χ1n) is 5.78. The van der Waals surface area contributed by atoms with Gasteiger partial charge in [-0.3, -0.25) is 4.79 Å². The lowest BCUT2D eigenvalue weighted by Gasteiger charge is -2.08. The number of aromatic nitrogens is 2. The Hall–Kier alpha value is -1.32. The number of nitrogens with zero attached hydrogens (tertiary/aromatic N) is 2. The molecule has 0 saturated carbocycles. The van der Waals surface area contributed by atoms with Crippen LogP contribution in [0.2, 0.25) is 0 Å². The van der Waals surface area contributed by atoms with Gasteiger partial charge in [0.1, 0.15) is 12.0 Å². The van der Waals surface area contributed by atoms with Crippen molar-refractivity contribution >= 4 is 5.91 Å². The number of carbonyl (C=O) groups is 1. The number of hydrogen-bond acceptors (Lipinski definition) is 2. The summed E-state index contributed by atoms with van der Waals surface area (Å²) in [6, 6.07) is 0.234. The summed E-state index contributed by atoms with van der Waals surface area (Å²) < 4.78 is 2.06. The molecule has 1 heterocycles. The molecule has 1 aromatic heterocycles. The fraction of sp³-hybridized carbons (Fsp3) is 0.667. The van der Waals surface area contributed by atoms with Gasteiger partial charge in [-0.1, -0.05) is 0 Å². The molecule has 0 unspecified atom stereocenters. The van der Waals surface area contributed by atoms with E-state index >= 15 is 0 Å². The average Bonchev–Trinajstić information content (AvgIpc) is 2.58. The summed E-state index contributed by atoms with van der Waals surface area (Å²) in [5, 5.41) is 2.88. The highest BCUT2D eigenvalue weighted by molar-refractivity contribution is 5.76. The zero-order valence-corrected chi connectivity index (χ0v) is 10.3. The second-order valence-electron chi connectivity index (χ2n) is 4.29. The third kappa shape index (κ3) is 4.47. The van der Waals surface area contributed by atoms with E-state index in [4.69, 9.17) is 0 Å². The lowest BCUT2D eigenvalue weighted by atomic mass is 10.2. The van der Waals surface area contributed by atoms with E-state index in [1.807, 2.05) is 27.0 Å². The molecule has 0 fully saturated rings. The van der Waals surface area contributed by atoms with Gasteiger partial charge >= 0.3 is 0 Å². The zero-order valence-electron chi connectivity index (χ0n) is 10.3. The van der Waals surface area contributed by atoms with E-state index in [0.717, 1.165) is 25.2 Å². The highest BCUT2D eigenvalue weighted by Gasteiger charge is 2.03. The first kappa shape index (κ1) is 12.7. The van der Waals surface area contributed by atoms with Crippen molar-refractivity contribution in [3.05, 3.63) is 18.2 Å². The second kappa shape index (κ2) is 6.30. The normalized spacial score (nSPS) is 10.8. The van der Waals surface area contributed by atoms with Crippen LogP contribution in [-0.2, 0) is 11.3 Å². The number of nitrogens with one attached hydrogen (secondary N) is 1. The maximum Gasteiger partial charge on any atom is 0.220 e. The predicted octanol–water partition coefficient (Wildman–Crippen LogP) is 1.69. The Morgan fingerprint density at radius 3 is 2.88 bits per heavy atom. The molecule has 1 rings (SSSR count). The van der Waals surface area contributed by atoms with Crippen molar-refractivity contribution < 1.29 is 4.79 Å². The van der Waals surface area contributed by atoms with E-state index in [-0.39, 0.29) is 11.9 Å². The summed E-state index contributed by atoms with van der Waals surface area (Å²) in [4.78, 5) is 15.4. The van der Waals surface area contributed by atoms with Gasteiger partial charge in [-0.15, -0.1) is 0 Å². The number of aryl methyl sites for hydroxylation is 2. The van der Waals surface area contributed by atoms with Crippen LogP contribution in [0.4, 0.5) is 0 Å². The van der Waals surface area contributed by atoms with Crippen LogP contribution in [0.5, 0.6) is 0 Å². The third-order valence-corrected chi connectivity index (χ3v) is 2.36. The first-order valence-corrected chi connectivity index (χ1v) is 5.78. The zero-order chi connectivity index (χ0) is 12.0. The molecule has 1 radical (unpaired) electrons. The Bertz CT molecular complexity index is 331. The van der Waals surface area contributed by atoms with Gasteiger partial charge in [0.2, 0.25) is 5.91 Å². The largest absolute Gasteiger partial charge is 0.354 e. The fourth-order valence-electron chi connectivity index (χ4n) is 1.54. The standard InChI is InChI=1S/C12H20N3O/c1-10(2)14-12(16)6-4-5-8-15-9-7-13-11(15)3/h9-10H,4-6,8H2,1-3H3,(H,14,16). The topological polar surface area (TPSA) is 46.9 Å². The monoisotopic (exact) mass is 222 g/mol. The van der Waals surface area contributed by atoms with Gasteiger partial charge in [0.25, 0.3) is 0 Å². The Morgan fingerprint density at radius 2 is 2.31 bits per heavy atom. The molecule has 1 N–H and O–H groups in total. The number of unbranched alkanes of at least 4 members (excludes halogenated alkanes) is 1. The van der Waals surface area contributed by atoms with Crippen LogP contribution in [0.1, 0.15) is 38.9 Å². The van der Waals surface area contributed by atoms with Crippen molar-refractivity contribution in [2.45, 2.75) is 52.6 Å². The third-order valence-electron chi connectivity index (χ3n) is 2.36. The molecule has 4 heteroatoms. The fourth-order valence-corrected chi connectivity index (χ4v) is 1.54. The van der Waals surface area contributed by atoms with Crippen molar-refractivity contribution in [3.63, 3.8) is 0 Å². The summed E-state index contributed by atoms with van der Waals surface area (Å²) in [5.74, 6) is 1.12. The molecule has 89 valence electrons. The van der Waals surface area contributed by atoms with Crippen LogP contribution >= 0.6 is 0 Å². The lowest BCUT2D eigenvalue weighted by molar-refractivity contribution is -0.121. The van der Waals surface area contributed by atoms with E-state index in [1.54, 1.807) is 0 Å². The van der Waals surface area contributed by atoms with Crippen molar-refractivity contribution in [3.8, 4) is 0 Å². The van der Waals surface area contributed by atoms with Crippen molar-refractivity contribution in [2.75, 3.05) is 0 Å². The molecule has 0 saturated heterocycles. The smallest absolute Gasteiger partial charge is 0.220 e. The lowest BCUT2D eigenvalue weighted by Crippen LogP contribution is -2.29. The number of rotatable bonds is 6. The van der Waals surface area contributed by atoms with Crippen molar-refractivity contribution in [1.29, 1.82) is 0 Å². The molecule has 1 amide bonds. The average molecular weight is 222 g/mol. The second-order valence-corrected chi connectivity index (χ2v) is 4.29. The number of hydrogen-bond donors (Lipinski definition) is 1. The molecule has 1 aromatic rings. The Morgan fingerprint density at radius 1 is 1.56 bits per heavy atom. The van der Waals surface area contributed by atoms with Crippen molar-refractivity contribution in [2.24, 2.45) is 0 Å². The number of carbonyl (C=O) groups excluding carboxylic acids is 1. The number of amides is 1. The predicted molar refractivity (Wildman–Crippen MR) is 62.9 cm³/mol. The molecule has 0 bridgehead atoms. The van der Waals surface area contributed by atoms with Gasteiger partial charge in [0.05, 0.1) is 0 Å². The van der Waals surface area contributed by atoms with E-state index in [9.17, 15) is 4.79 Å². The van der Waals surface area contributed by atoms with Crippen LogP contribution in [0.25, 0.3) is 0 Å². The molecule has 0 aromatic carbocycles. The minimum absolute atomic E-state index is 0.143. The van der Waals surface area contributed by atoms with E-state index in [0.29, 0.717) is 6.42 Å². The summed E-state index contributed by atoms with van der Waals surface area (Å²) in [6.07, 6.45) is 7.17. The summed E-state index contributed by atoms with van der Waals surface area (Å²) in [7, 11) is 0. The SMILES string of the molecule is Cc1n[c]cn1CCCCC(=O)NC(C)C. The number of imidazole rings is 1. The maximum absolute atomic E-state index is 11.3. The molecule has 4 nitrogen and oxygen atoms in total. The summed E-state index contributed by atoms with van der Waals surface area (Å²) in [6.45, 7) is 6.82. The Labute approximate surface area is 97.1 Å². The molecule has 0 aliphatic carbocycles. The quantitative estimate of drug-likeness (QED) is 0.744. The molecular formula is C12H20N3O.